The lowest BCUT2D eigenvalue weighted by atomic mass is 10.1. The highest BCUT2D eigenvalue weighted by atomic mass is 16.5. The number of likely N-dealkylation sites (N-methyl/N-ethyl adjacent to an activating group) is 1. The van der Waals surface area contributed by atoms with Crippen LogP contribution in [0.5, 0.6) is 0 Å². The predicted molar refractivity (Wildman–Crippen MR) is 39.8 cm³/mol. The third-order valence-electron chi connectivity index (χ3n) is 1.06. The molecule has 0 aromatic rings. The van der Waals surface area contributed by atoms with Crippen molar-refractivity contribution in [2.24, 2.45) is 0 Å². The van der Waals surface area contributed by atoms with E-state index >= 15 is 0 Å². The molecule has 0 saturated carbocycles. The van der Waals surface area contributed by atoms with Gasteiger partial charge in [-0.25, -0.2) is 0 Å². The van der Waals surface area contributed by atoms with Crippen LogP contribution < -0.4 is 0 Å². The number of carbonyl (C=O) groups is 1. The van der Waals surface area contributed by atoms with Crippen LogP contribution in [-0.2, 0) is 9.53 Å². The van der Waals surface area contributed by atoms with Crippen molar-refractivity contribution >= 4 is 6.47 Å². The van der Waals surface area contributed by atoms with E-state index in [1.54, 1.807) is 0 Å². The first-order valence-electron chi connectivity index (χ1n) is 3.24. The summed E-state index contributed by atoms with van der Waals surface area (Å²) >= 11 is 0. The van der Waals surface area contributed by atoms with Crippen LogP contribution in [0.15, 0.2) is 0 Å². The maximum absolute atomic E-state index is 9.96. The van der Waals surface area contributed by atoms with Crippen LogP contribution in [0.2, 0.25) is 0 Å². The molecular weight excluding hydrogens is 130 g/mol. The second-order valence-electron chi connectivity index (χ2n) is 3.21. The Labute approximate surface area is 62.0 Å². The fourth-order valence-corrected chi connectivity index (χ4v) is 0.929. The molecule has 3 nitrogen and oxygen atoms in total. The van der Waals surface area contributed by atoms with Gasteiger partial charge in [0.05, 0.1) is 0 Å². The maximum atomic E-state index is 9.96. The Morgan fingerprint density at radius 1 is 1.50 bits per heavy atom. The molecule has 0 aliphatic heterocycles. The van der Waals surface area contributed by atoms with Gasteiger partial charge < -0.3 is 9.64 Å². The van der Waals surface area contributed by atoms with Gasteiger partial charge in [-0.05, 0) is 27.9 Å². The summed E-state index contributed by atoms with van der Waals surface area (Å²) < 4.78 is 4.82. The minimum absolute atomic E-state index is 0.370. The molecule has 0 saturated heterocycles. The lowest BCUT2D eigenvalue weighted by Crippen LogP contribution is -2.36. The molecule has 0 fully saturated rings. The van der Waals surface area contributed by atoms with E-state index in [9.17, 15) is 4.79 Å². The normalized spacial score (nSPS) is 11.7. The topological polar surface area (TPSA) is 29.5 Å². The molecule has 0 amide bonds. The number of rotatable bonds is 4. The van der Waals surface area contributed by atoms with Crippen molar-refractivity contribution < 1.29 is 9.53 Å². The van der Waals surface area contributed by atoms with Crippen LogP contribution in [-0.4, -0.2) is 37.6 Å². The van der Waals surface area contributed by atoms with E-state index in [0.717, 1.165) is 6.54 Å². The van der Waals surface area contributed by atoms with Crippen LogP contribution in [0.25, 0.3) is 0 Å². The summed E-state index contributed by atoms with van der Waals surface area (Å²) in [5.41, 5.74) is -0.370. The Bertz CT molecular complexity index is 110. The fraction of sp³-hybridized carbons (Fsp3) is 0.857. The first-order valence-corrected chi connectivity index (χ1v) is 3.24. The molecule has 60 valence electrons. The summed E-state index contributed by atoms with van der Waals surface area (Å²) in [6.45, 7) is 4.98. The molecule has 0 N–H and O–H groups in total. The molecule has 10 heavy (non-hydrogen) atoms. The van der Waals surface area contributed by atoms with E-state index in [1.807, 2.05) is 32.8 Å². The zero-order valence-corrected chi connectivity index (χ0v) is 7.05. The number of carbonyl (C=O) groups excluding carboxylic acids is 1. The lowest BCUT2D eigenvalue weighted by Gasteiger charge is -2.25. The summed E-state index contributed by atoms with van der Waals surface area (Å²) in [4.78, 5) is 11.9. The lowest BCUT2D eigenvalue weighted by molar-refractivity contribution is -0.141. The molecular formula is C7H15NO2. The van der Waals surface area contributed by atoms with Crippen molar-refractivity contribution in [3.8, 4) is 0 Å². The summed E-state index contributed by atoms with van der Waals surface area (Å²) in [5, 5.41) is 0. The minimum atomic E-state index is -0.370. The molecule has 0 atom stereocenters. The third-order valence-corrected chi connectivity index (χ3v) is 1.06. The molecule has 0 aliphatic rings. The average Bonchev–Trinajstić information content (AvgIpc) is 1.59. The van der Waals surface area contributed by atoms with Crippen molar-refractivity contribution in [1.29, 1.82) is 0 Å². The van der Waals surface area contributed by atoms with E-state index in [4.69, 9.17) is 4.74 Å². The molecule has 0 aromatic carbocycles. The molecule has 0 unspecified atom stereocenters. The smallest absolute Gasteiger partial charge is 0.293 e. The predicted octanol–water partition coefficient (Wildman–Crippen LogP) is 0.500. The van der Waals surface area contributed by atoms with E-state index < -0.39 is 0 Å². The summed E-state index contributed by atoms with van der Waals surface area (Å²) in [5.74, 6) is 0. The molecule has 0 spiro atoms. The average molecular weight is 145 g/mol. The molecule has 0 heterocycles. The van der Waals surface area contributed by atoms with Gasteiger partial charge in [-0.1, -0.05) is 0 Å². The quantitative estimate of drug-likeness (QED) is 0.539. The Hall–Kier alpha value is -0.570. The first kappa shape index (κ1) is 9.43. The molecule has 0 aromatic heterocycles. The number of nitrogens with zero attached hydrogens (tertiary/aromatic N) is 1. The molecule has 3 heteroatoms. The van der Waals surface area contributed by atoms with Gasteiger partial charge in [-0.2, -0.15) is 0 Å². The second-order valence-corrected chi connectivity index (χ2v) is 3.21. The molecule has 0 rings (SSSR count). The van der Waals surface area contributed by atoms with Crippen molar-refractivity contribution in [1.82, 2.24) is 4.90 Å². The number of hydrogen-bond donors (Lipinski definition) is 0. The minimum Gasteiger partial charge on any atom is -0.461 e. The monoisotopic (exact) mass is 145 g/mol. The van der Waals surface area contributed by atoms with Crippen molar-refractivity contribution in [2.75, 3.05) is 20.6 Å². The fourth-order valence-electron chi connectivity index (χ4n) is 0.929. The van der Waals surface area contributed by atoms with Crippen LogP contribution in [0, 0.1) is 0 Å². The van der Waals surface area contributed by atoms with Gasteiger partial charge in [0.2, 0.25) is 0 Å². The maximum Gasteiger partial charge on any atom is 0.293 e. The second kappa shape index (κ2) is 3.56. The van der Waals surface area contributed by atoms with Gasteiger partial charge >= 0.3 is 0 Å². The van der Waals surface area contributed by atoms with E-state index in [2.05, 4.69) is 0 Å². The van der Waals surface area contributed by atoms with Gasteiger partial charge in [0.1, 0.15) is 5.60 Å². The summed E-state index contributed by atoms with van der Waals surface area (Å²) in [6, 6.07) is 0. The first-order chi connectivity index (χ1) is 4.48. The largest absolute Gasteiger partial charge is 0.461 e. The Morgan fingerprint density at radius 3 is 2.30 bits per heavy atom. The van der Waals surface area contributed by atoms with Gasteiger partial charge in [0, 0.05) is 6.54 Å². The van der Waals surface area contributed by atoms with E-state index in [0.29, 0.717) is 6.47 Å². The highest BCUT2D eigenvalue weighted by Gasteiger charge is 2.18. The van der Waals surface area contributed by atoms with Crippen molar-refractivity contribution in [3.63, 3.8) is 0 Å². The van der Waals surface area contributed by atoms with E-state index in [1.165, 1.54) is 0 Å². The zero-order chi connectivity index (χ0) is 8.20. The van der Waals surface area contributed by atoms with Crippen LogP contribution >= 0.6 is 0 Å². The van der Waals surface area contributed by atoms with Crippen LogP contribution in [0.3, 0.4) is 0 Å². The zero-order valence-electron chi connectivity index (χ0n) is 7.05. The van der Waals surface area contributed by atoms with Crippen molar-refractivity contribution in [2.45, 2.75) is 19.4 Å². The van der Waals surface area contributed by atoms with Gasteiger partial charge in [-0.3, -0.25) is 4.79 Å². The van der Waals surface area contributed by atoms with Gasteiger partial charge in [-0.15, -0.1) is 0 Å². The number of ether oxygens (including phenoxy) is 1. The Kier molecular flexibility index (Phi) is 3.36. The van der Waals surface area contributed by atoms with Gasteiger partial charge in [0.25, 0.3) is 6.47 Å². The number of hydrogen-bond acceptors (Lipinski definition) is 3. The van der Waals surface area contributed by atoms with Gasteiger partial charge in [0.15, 0.2) is 0 Å². The van der Waals surface area contributed by atoms with Crippen LogP contribution in [0.1, 0.15) is 13.8 Å². The Morgan fingerprint density at radius 2 is 2.00 bits per heavy atom. The standard InChI is InChI=1S/C7H15NO2/c1-7(2,10-6-9)5-8(3)4/h6H,5H2,1-4H3. The third kappa shape index (κ3) is 4.32. The summed E-state index contributed by atoms with van der Waals surface area (Å²) in [7, 11) is 3.88. The molecule has 0 radical (unpaired) electrons. The van der Waals surface area contributed by atoms with E-state index in [-0.39, 0.29) is 5.60 Å². The highest BCUT2D eigenvalue weighted by Crippen LogP contribution is 2.07. The molecule has 0 aliphatic carbocycles. The van der Waals surface area contributed by atoms with Crippen molar-refractivity contribution in [3.05, 3.63) is 0 Å². The highest BCUT2D eigenvalue weighted by molar-refractivity contribution is 5.38. The summed E-state index contributed by atoms with van der Waals surface area (Å²) in [6.07, 6.45) is 0. The van der Waals surface area contributed by atoms with Crippen LogP contribution in [0.4, 0.5) is 0 Å². The SMILES string of the molecule is CN(C)CC(C)(C)OC=O. The Balaban J connectivity index is 3.73. The molecule has 0 bridgehead atoms.